The van der Waals surface area contributed by atoms with Crippen LogP contribution in [0.1, 0.15) is 5.69 Å². The third-order valence-corrected chi connectivity index (χ3v) is 1.42. The zero-order chi connectivity index (χ0) is 6.69. The monoisotopic (exact) mass is 140 g/mol. The van der Waals surface area contributed by atoms with E-state index in [0.717, 1.165) is 5.69 Å². The SMILES string of the molecule is [CH2]Cc1ncccc1Cl. The van der Waals surface area contributed by atoms with Gasteiger partial charge in [0.25, 0.3) is 0 Å². The van der Waals surface area contributed by atoms with Crippen molar-refractivity contribution in [2.75, 3.05) is 0 Å². The maximum atomic E-state index is 5.72. The van der Waals surface area contributed by atoms with Gasteiger partial charge < -0.3 is 0 Å². The van der Waals surface area contributed by atoms with Gasteiger partial charge in [0.1, 0.15) is 0 Å². The minimum atomic E-state index is 0.652. The van der Waals surface area contributed by atoms with Crippen LogP contribution in [0.3, 0.4) is 0 Å². The van der Waals surface area contributed by atoms with E-state index in [-0.39, 0.29) is 0 Å². The lowest BCUT2D eigenvalue weighted by Gasteiger charge is -1.94. The Labute approximate surface area is 59.7 Å². The normalized spacial score (nSPS) is 9.56. The molecule has 0 aliphatic rings. The lowest BCUT2D eigenvalue weighted by molar-refractivity contribution is 1.11. The van der Waals surface area contributed by atoms with Crippen LogP contribution in [0.25, 0.3) is 0 Å². The number of aromatic nitrogens is 1. The molecule has 1 rings (SSSR count). The molecule has 0 aromatic carbocycles. The maximum Gasteiger partial charge on any atom is 0.0621 e. The molecule has 0 saturated carbocycles. The molecule has 9 heavy (non-hydrogen) atoms. The fourth-order valence-electron chi connectivity index (χ4n) is 0.602. The Morgan fingerprint density at radius 3 is 2.89 bits per heavy atom. The number of pyridine rings is 1. The molecule has 0 aliphatic carbocycles. The summed E-state index contributed by atoms with van der Waals surface area (Å²) >= 11 is 5.72. The van der Waals surface area contributed by atoms with Gasteiger partial charge in [0.15, 0.2) is 0 Å². The van der Waals surface area contributed by atoms with Gasteiger partial charge in [-0.1, -0.05) is 11.6 Å². The molecule has 0 fully saturated rings. The summed E-state index contributed by atoms with van der Waals surface area (Å²) in [6, 6.07) is 3.62. The van der Waals surface area contributed by atoms with Gasteiger partial charge in [0.05, 0.1) is 10.7 Å². The molecule has 1 heterocycles. The Hall–Kier alpha value is -0.560. The highest BCUT2D eigenvalue weighted by Gasteiger charge is 1.93. The topological polar surface area (TPSA) is 12.9 Å². The highest BCUT2D eigenvalue weighted by atomic mass is 35.5. The van der Waals surface area contributed by atoms with Gasteiger partial charge in [0.2, 0.25) is 0 Å². The highest BCUT2D eigenvalue weighted by Crippen LogP contribution is 2.11. The molecular formula is C7H7ClN. The van der Waals surface area contributed by atoms with Crippen molar-refractivity contribution in [2.45, 2.75) is 6.42 Å². The zero-order valence-corrected chi connectivity index (χ0v) is 5.73. The largest absolute Gasteiger partial charge is 0.260 e. The van der Waals surface area contributed by atoms with Crippen molar-refractivity contribution in [3.8, 4) is 0 Å². The molecule has 1 aromatic heterocycles. The van der Waals surface area contributed by atoms with Gasteiger partial charge in [-0.25, -0.2) is 0 Å². The second kappa shape index (κ2) is 2.83. The number of nitrogens with zero attached hydrogens (tertiary/aromatic N) is 1. The van der Waals surface area contributed by atoms with Crippen molar-refractivity contribution in [1.82, 2.24) is 4.98 Å². The standard InChI is InChI=1S/C7H7ClN/c1-2-7-6(8)4-3-5-9-7/h3-5H,1-2H2. The summed E-state index contributed by atoms with van der Waals surface area (Å²) in [5.74, 6) is 0. The van der Waals surface area contributed by atoms with Crippen LogP contribution in [0.4, 0.5) is 0 Å². The summed E-state index contributed by atoms with van der Waals surface area (Å²) in [6.45, 7) is 3.67. The maximum absolute atomic E-state index is 5.72. The van der Waals surface area contributed by atoms with Crippen LogP contribution in [-0.2, 0) is 6.42 Å². The van der Waals surface area contributed by atoms with Crippen molar-refractivity contribution in [2.24, 2.45) is 0 Å². The van der Waals surface area contributed by atoms with Gasteiger partial charge in [-0.05, 0) is 25.5 Å². The molecule has 0 saturated heterocycles. The van der Waals surface area contributed by atoms with E-state index in [4.69, 9.17) is 11.6 Å². The van der Waals surface area contributed by atoms with Crippen LogP contribution in [0, 0.1) is 6.92 Å². The van der Waals surface area contributed by atoms with E-state index in [1.54, 1.807) is 6.20 Å². The van der Waals surface area contributed by atoms with Crippen LogP contribution in [-0.4, -0.2) is 4.98 Å². The van der Waals surface area contributed by atoms with E-state index in [2.05, 4.69) is 11.9 Å². The predicted octanol–water partition coefficient (Wildman–Crippen LogP) is 2.11. The molecule has 0 atom stereocenters. The summed E-state index contributed by atoms with van der Waals surface area (Å²) in [5, 5.41) is 0.701. The number of hydrogen-bond donors (Lipinski definition) is 0. The quantitative estimate of drug-likeness (QED) is 0.582. The first kappa shape index (κ1) is 6.56. The summed E-state index contributed by atoms with van der Waals surface area (Å²) in [6.07, 6.45) is 2.37. The van der Waals surface area contributed by atoms with Crippen molar-refractivity contribution in [3.05, 3.63) is 36.0 Å². The molecular weight excluding hydrogens is 134 g/mol. The van der Waals surface area contributed by atoms with Gasteiger partial charge in [0, 0.05) is 6.20 Å². The molecule has 1 nitrogen and oxygen atoms in total. The first-order valence-electron chi connectivity index (χ1n) is 2.73. The Balaban J connectivity index is 3.01. The number of hydrogen-bond acceptors (Lipinski definition) is 1. The fourth-order valence-corrected chi connectivity index (χ4v) is 0.818. The van der Waals surface area contributed by atoms with E-state index in [9.17, 15) is 0 Å². The summed E-state index contributed by atoms with van der Waals surface area (Å²) in [5.41, 5.74) is 0.860. The van der Waals surface area contributed by atoms with E-state index in [1.807, 2.05) is 12.1 Å². The molecule has 0 unspecified atom stereocenters. The summed E-state index contributed by atoms with van der Waals surface area (Å²) in [7, 11) is 0. The Morgan fingerprint density at radius 1 is 1.67 bits per heavy atom. The van der Waals surface area contributed by atoms with Gasteiger partial charge in [-0.3, -0.25) is 4.98 Å². The molecule has 0 N–H and O–H groups in total. The van der Waals surface area contributed by atoms with E-state index in [1.165, 1.54) is 0 Å². The van der Waals surface area contributed by atoms with Crippen LogP contribution in [0.15, 0.2) is 18.3 Å². The smallest absolute Gasteiger partial charge is 0.0621 e. The highest BCUT2D eigenvalue weighted by molar-refractivity contribution is 6.31. The first-order chi connectivity index (χ1) is 4.34. The van der Waals surface area contributed by atoms with Gasteiger partial charge in [-0.15, -0.1) is 0 Å². The molecule has 0 bridgehead atoms. The van der Waals surface area contributed by atoms with Crippen molar-refractivity contribution in [1.29, 1.82) is 0 Å². The zero-order valence-electron chi connectivity index (χ0n) is 4.97. The Bertz CT molecular complexity index is 198. The van der Waals surface area contributed by atoms with Gasteiger partial charge >= 0.3 is 0 Å². The Morgan fingerprint density at radius 2 is 2.44 bits per heavy atom. The average Bonchev–Trinajstić information content (AvgIpc) is 1.89. The summed E-state index contributed by atoms with van der Waals surface area (Å²) < 4.78 is 0. The van der Waals surface area contributed by atoms with Crippen LogP contribution in [0.5, 0.6) is 0 Å². The van der Waals surface area contributed by atoms with E-state index in [0.29, 0.717) is 11.4 Å². The second-order valence-electron chi connectivity index (χ2n) is 1.68. The Kier molecular flexibility index (Phi) is 2.06. The lowest BCUT2D eigenvalue weighted by atomic mass is 10.3. The predicted molar refractivity (Wildman–Crippen MR) is 38.3 cm³/mol. The second-order valence-corrected chi connectivity index (χ2v) is 2.09. The summed E-state index contributed by atoms with van der Waals surface area (Å²) in [4.78, 5) is 4.00. The number of rotatable bonds is 1. The van der Waals surface area contributed by atoms with Crippen LogP contribution >= 0.6 is 11.6 Å². The lowest BCUT2D eigenvalue weighted by Crippen LogP contribution is -1.85. The van der Waals surface area contributed by atoms with Crippen LogP contribution < -0.4 is 0 Å². The average molecular weight is 141 g/mol. The van der Waals surface area contributed by atoms with Crippen molar-refractivity contribution in [3.63, 3.8) is 0 Å². The molecule has 47 valence electrons. The molecule has 0 aliphatic heterocycles. The molecule has 0 spiro atoms. The third kappa shape index (κ3) is 1.42. The fraction of sp³-hybridized carbons (Fsp3) is 0.143. The molecule has 2 heteroatoms. The molecule has 0 amide bonds. The number of halogens is 1. The minimum absolute atomic E-state index is 0.652. The van der Waals surface area contributed by atoms with Gasteiger partial charge in [-0.2, -0.15) is 0 Å². The van der Waals surface area contributed by atoms with Crippen LogP contribution in [0.2, 0.25) is 5.02 Å². The molecule has 1 radical (unpaired) electrons. The minimum Gasteiger partial charge on any atom is -0.260 e. The van der Waals surface area contributed by atoms with E-state index < -0.39 is 0 Å². The third-order valence-electron chi connectivity index (χ3n) is 1.07. The van der Waals surface area contributed by atoms with Crippen molar-refractivity contribution < 1.29 is 0 Å². The van der Waals surface area contributed by atoms with Crippen molar-refractivity contribution >= 4 is 11.6 Å². The molecule has 1 aromatic rings. The van der Waals surface area contributed by atoms with E-state index >= 15 is 0 Å². The first-order valence-corrected chi connectivity index (χ1v) is 3.11.